The molecule has 2 amide bonds. The average molecular weight is 472 g/mol. The highest BCUT2D eigenvalue weighted by atomic mass is 32.2. The van der Waals surface area contributed by atoms with Gasteiger partial charge < -0.3 is 19.5 Å². The summed E-state index contributed by atoms with van der Waals surface area (Å²) in [5.74, 6) is -0.257. The number of ether oxygens (including phenoxy) is 1. The number of nitrogens with one attached hydrogen (secondary N) is 1. The van der Waals surface area contributed by atoms with Gasteiger partial charge in [-0.1, -0.05) is 35.5 Å². The number of amides is 2. The van der Waals surface area contributed by atoms with Crippen molar-refractivity contribution in [2.45, 2.75) is 64.0 Å². The molecule has 4 rings (SSSR count). The molecule has 8 nitrogen and oxygen atoms in total. The fourth-order valence-corrected chi connectivity index (χ4v) is 5.62. The zero-order valence-electron chi connectivity index (χ0n) is 19.3. The van der Waals surface area contributed by atoms with Gasteiger partial charge in [0.05, 0.1) is 17.5 Å². The van der Waals surface area contributed by atoms with Crippen molar-refractivity contribution in [3.8, 4) is 0 Å². The third-order valence-corrected chi connectivity index (χ3v) is 7.76. The molecule has 176 valence electrons. The zero-order valence-corrected chi connectivity index (χ0v) is 20.1. The van der Waals surface area contributed by atoms with Crippen LogP contribution in [0.2, 0.25) is 0 Å². The summed E-state index contributed by atoms with van der Waals surface area (Å²) in [6.45, 7) is 7.79. The monoisotopic (exact) mass is 471 g/mol. The molecule has 1 aromatic carbocycles. The third-order valence-electron chi connectivity index (χ3n) is 6.39. The van der Waals surface area contributed by atoms with Gasteiger partial charge in [0.1, 0.15) is 11.8 Å². The molecule has 2 aromatic rings. The maximum Gasteiger partial charge on any atom is 0.310 e. The Morgan fingerprint density at radius 2 is 1.97 bits per heavy atom. The quantitative estimate of drug-likeness (QED) is 0.647. The lowest BCUT2D eigenvalue weighted by atomic mass is 9.95. The van der Waals surface area contributed by atoms with Gasteiger partial charge in [0.25, 0.3) is 5.91 Å². The van der Waals surface area contributed by atoms with Crippen molar-refractivity contribution in [1.29, 1.82) is 0 Å². The molecule has 0 saturated carbocycles. The van der Waals surface area contributed by atoms with E-state index in [0.29, 0.717) is 24.5 Å². The summed E-state index contributed by atoms with van der Waals surface area (Å²) < 4.78 is 10.2. The van der Waals surface area contributed by atoms with Crippen LogP contribution in [0.3, 0.4) is 0 Å². The summed E-state index contributed by atoms with van der Waals surface area (Å²) in [6.07, 6.45) is -0.00864. The number of rotatable bonds is 6. The molecular weight excluding hydrogens is 442 g/mol. The molecule has 1 aromatic heterocycles. The smallest absolute Gasteiger partial charge is 0.310 e. The molecule has 0 bridgehead atoms. The van der Waals surface area contributed by atoms with Gasteiger partial charge in [0.2, 0.25) is 5.91 Å². The molecule has 33 heavy (non-hydrogen) atoms. The van der Waals surface area contributed by atoms with Crippen LogP contribution in [0.4, 0.5) is 0 Å². The van der Waals surface area contributed by atoms with Crippen molar-refractivity contribution in [2.24, 2.45) is 5.92 Å². The molecule has 9 heteroatoms. The summed E-state index contributed by atoms with van der Waals surface area (Å²) in [5.41, 5.74) is 2.59. The van der Waals surface area contributed by atoms with E-state index in [2.05, 4.69) is 10.5 Å². The molecule has 0 spiro atoms. The van der Waals surface area contributed by atoms with E-state index in [9.17, 15) is 14.4 Å². The number of hydrogen-bond acceptors (Lipinski definition) is 7. The van der Waals surface area contributed by atoms with E-state index in [-0.39, 0.29) is 30.2 Å². The molecule has 3 atom stereocenters. The Kier molecular flexibility index (Phi) is 6.52. The van der Waals surface area contributed by atoms with Gasteiger partial charge in [-0.2, -0.15) is 0 Å². The van der Waals surface area contributed by atoms with Gasteiger partial charge in [0.15, 0.2) is 6.10 Å². The van der Waals surface area contributed by atoms with E-state index in [1.807, 2.05) is 51.1 Å². The first-order chi connectivity index (χ1) is 15.7. The molecule has 2 saturated heterocycles. The maximum atomic E-state index is 13.4. The number of carbonyl (C=O) groups is 3. The summed E-state index contributed by atoms with van der Waals surface area (Å²) in [4.78, 5) is 40.6. The first-order valence-corrected chi connectivity index (χ1v) is 12.0. The first-order valence-electron chi connectivity index (χ1n) is 11.1. The number of aromatic nitrogens is 1. The molecule has 0 unspecified atom stereocenters. The minimum atomic E-state index is -0.862. The first kappa shape index (κ1) is 23.4. The second kappa shape index (κ2) is 9.21. The average Bonchev–Trinajstić information content (AvgIpc) is 3.41. The number of thioether (sulfide) groups is 1. The summed E-state index contributed by atoms with van der Waals surface area (Å²) in [5, 5.41) is 6.85. The van der Waals surface area contributed by atoms with E-state index in [4.69, 9.17) is 9.26 Å². The maximum absolute atomic E-state index is 13.4. The molecule has 2 aliphatic heterocycles. The van der Waals surface area contributed by atoms with Gasteiger partial charge >= 0.3 is 5.97 Å². The number of hydrogen-bond donors (Lipinski definition) is 1. The van der Waals surface area contributed by atoms with Crippen molar-refractivity contribution in [2.75, 3.05) is 5.88 Å². The van der Waals surface area contributed by atoms with E-state index in [1.54, 1.807) is 11.8 Å². The third kappa shape index (κ3) is 4.78. The van der Waals surface area contributed by atoms with Crippen molar-refractivity contribution >= 4 is 29.5 Å². The molecule has 1 N–H and O–H groups in total. The number of cyclic esters (lactones) is 1. The lowest BCUT2D eigenvalue weighted by molar-refractivity contribution is -0.155. The normalized spacial score (nSPS) is 24.1. The number of aryl methyl sites for hydroxylation is 2. The number of benzene rings is 1. The van der Waals surface area contributed by atoms with Crippen LogP contribution in [0.15, 0.2) is 34.9 Å². The predicted molar refractivity (Wildman–Crippen MR) is 123 cm³/mol. The fourth-order valence-electron chi connectivity index (χ4n) is 4.48. The molecule has 0 aliphatic carbocycles. The molecule has 3 heterocycles. The minimum Gasteiger partial charge on any atom is -0.452 e. The van der Waals surface area contributed by atoms with Gasteiger partial charge in [-0.25, -0.2) is 0 Å². The van der Waals surface area contributed by atoms with Crippen LogP contribution < -0.4 is 5.32 Å². The highest BCUT2D eigenvalue weighted by molar-refractivity contribution is 8.00. The van der Waals surface area contributed by atoms with Crippen LogP contribution in [0.5, 0.6) is 0 Å². The van der Waals surface area contributed by atoms with E-state index >= 15 is 0 Å². The Labute approximate surface area is 197 Å². The second-order valence-corrected chi connectivity index (χ2v) is 10.8. The number of esters is 1. The minimum absolute atomic E-state index is 0.247. The van der Waals surface area contributed by atoms with Gasteiger partial charge in [0, 0.05) is 23.3 Å². The van der Waals surface area contributed by atoms with Gasteiger partial charge in [-0.15, -0.1) is 11.8 Å². The van der Waals surface area contributed by atoms with Gasteiger partial charge in [-0.05, 0) is 39.7 Å². The van der Waals surface area contributed by atoms with Crippen molar-refractivity contribution in [3.63, 3.8) is 0 Å². The summed E-state index contributed by atoms with van der Waals surface area (Å²) >= 11 is 1.54. The zero-order chi connectivity index (χ0) is 23.8. The molecule has 0 radical (unpaired) electrons. The number of carbonyl (C=O) groups excluding carboxylic acids is 3. The predicted octanol–water partition coefficient (Wildman–Crippen LogP) is 2.76. The van der Waals surface area contributed by atoms with Gasteiger partial charge in [-0.3, -0.25) is 14.4 Å². The summed E-state index contributed by atoms with van der Waals surface area (Å²) in [7, 11) is 0. The van der Waals surface area contributed by atoms with Crippen LogP contribution in [-0.2, 0) is 32.1 Å². The van der Waals surface area contributed by atoms with Crippen LogP contribution in [-0.4, -0.2) is 50.6 Å². The summed E-state index contributed by atoms with van der Waals surface area (Å²) in [6, 6.07) is 9.01. The SMILES string of the molecule is Cc1noc(C)c1CNC(=O)[C@H]1N(C(=O)[C@@H]2C[C@@H](Cc3ccccc3)C(=O)O2)CSC1(C)C. The Balaban J connectivity index is 1.43. The van der Waals surface area contributed by atoms with Crippen molar-refractivity contribution < 1.29 is 23.6 Å². The molecular formula is C24H29N3O5S. The van der Waals surface area contributed by atoms with Crippen LogP contribution in [0, 0.1) is 19.8 Å². The van der Waals surface area contributed by atoms with E-state index in [1.165, 1.54) is 11.8 Å². The highest BCUT2D eigenvalue weighted by Gasteiger charge is 2.51. The fraction of sp³-hybridized carbons (Fsp3) is 0.500. The Hall–Kier alpha value is -2.81. The Bertz CT molecular complexity index is 1030. The van der Waals surface area contributed by atoms with Crippen LogP contribution >= 0.6 is 11.8 Å². The van der Waals surface area contributed by atoms with E-state index < -0.39 is 16.9 Å². The molecule has 2 fully saturated rings. The highest BCUT2D eigenvalue weighted by Crippen LogP contribution is 2.40. The molecule has 2 aliphatic rings. The van der Waals surface area contributed by atoms with Crippen molar-refractivity contribution in [1.82, 2.24) is 15.4 Å². The lowest BCUT2D eigenvalue weighted by Gasteiger charge is -2.31. The Morgan fingerprint density at radius 1 is 1.24 bits per heavy atom. The van der Waals surface area contributed by atoms with Crippen LogP contribution in [0.1, 0.15) is 42.8 Å². The second-order valence-electron chi connectivity index (χ2n) is 9.16. The lowest BCUT2D eigenvalue weighted by Crippen LogP contribution is -2.55. The standard InChI is InChI=1S/C24H29N3O5S/c1-14-18(15(2)32-26-14)12-25-21(28)20-24(3,4)33-13-27(20)22(29)19-11-17(23(30)31-19)10-16-8-6-5-7-9-16/h5-9,17,19-20H,10-13H2,1-4H3,(H,25,28)/t17-,19+,20-/m1/s1. The van der Waals surface area contributed by atoms with Crippen LogP contribution in [0.25, 0.3) is 0 Å². The largest absolute Gasteiger partial charge is 0.452 e. The number of nitrogens with zero attached hydrogens (tertiary/aromatic N) is 2. The topological polar surface area (TPSA) is 102 Å². The van der Waals surface area contributed by atoms with E-state index in [0.717, 1.165) is 16.8 Å². The Morgan fingerprint density at radius 3 is 2.64 bits per heavy atom. The van der Waals surface area contributed by atoms with Crippen molar-refractivity contribution in [3.05, 3.63) is 52.9 Å².